The molecule has 33 heavy (non-hydrogen) atoms. The maximum absolute atomic E-state index is 13.5. The van der Waals surface area contributed by atoms with Crippen molar-refractivity contribution in [3.8, 4) is 0 Å². The number of pyridine rings is 1. The van der Waals surface area contributed by atoms with Crippen LogP contribution in [0, 0.1) is 6.92 Å². The molecule has 5 rings (SSSR count). The van der Waals surface area contributed by atoms with Gasteiger partial charge in [-0.25, -0.2) is 13.4 Å². The molecule has 3 aromatic rings. The van der Waals surface area contributed by atoms with Crippen molar-refractivity contribution in [3.05, 3.63) is 95.3 Å². The van der Waals surface area contributed by atoms with Gasteiger partial charge < -0.3 is 10.2 Å². The molecule has 3 heterocycles. The molecule has 2 aliphatic heterocycles. The molecule has 0 bridgehead atoms. The number of hydrogen-bond donors (Lipinski definition) is 1. The van der Waals surface area contributed by atoms with E-state index in [-0.39, 0.29) is 17.6 Å². The minimum absolute atomic E-state index is 0.0272. The molecule has 0 radical (unpaired) electrons. The van der Waals surface area contributed by atoms with Crippen LogP contribution < -0.4 is 5.32 Å². The Balaban J connectivity index is 1.65. The Labute approximate surface area is 193 Å². The van der Waals surface area contributed by atoms with Crippen molar-refractivity contribution in [1.29, 1.82) is 0 Å². The first-order chi connectivity index (χ1) is 15.9. The van der Waals surface area contributed by atoms with E-state index < -0.39 is 15.9 Å². The summed E-state index contributed by atoms with van der Waals surface area (Å²) in [6, 6.07) is 18.4. The van der Waals surface area contributed by atoms with E-state index in [1.54, 1.807) is 36.2 Å². The summed E-state index contributed by atoms with van der Waals surface area (Å²) in [5.41, 5.74) is 4.69. The molecule has 1 N–H and O–H groups in total. The zero-order valence-corrected chi connectivity index (χ0v) is 19.3. The maximum Gasteiger partial charge on any atom is 0.250 e. The molecule has 0 saturated carbocycles. The van der Waals surface area contributed by atoms with Gasteiger partial charge in [-0.15, -0.1) is 0 Å². The zero-order valence-electron chi connectivity index (χ0n) is 18.5. The number of aromatic nitrogens is 1. The number of aryl methyl sites for hydroxylation is 1. The highest BCUT2D eigenvalue weighted by atomic mass is 32.2. The molecule has 2 aliphatic rings. The monoisotopic (exact) mass is 459 g/mol. The third-order valence-corrected chi connectivity index (χ3v) is 8.03. The number of carbonyl (C=O) groups is 1. The normalized spacial score (nSPS) is 19.5. The number of hydrogen-bond acceptors (Lipinski definition) is 5. The van der Waals surface area contributed by atoms with Crippen LogP contribution >= 0.6 is 0 Å². The summed E-state index contributed by atoms with van der Waals surface area (Å²) in [6.07, 6.45) is 3.67. The van der Waals surface area contributed by atoms with Gasteiger partial charge in [-0.3, -0.25) is 4.79 Å². The minimum atomic E-state index is -3.36. The average Bonchev–Trinajstić information content (AvgIpc) is 3.21. The highest BCUT2D eigenvalue weighted by Crippen LogP contribution is 2.47. The molecular weight excluding hydrogens is 434 g/mol. The van der Waals surface area contributed by atoms with Crippen molar-refractivity contribution in [2.24, 2.45) is 0 Å². The highest BCUT2D eigenvalue weighted by Gasteiger charge is 2.45. The van der Waals surface area contributed by atoms with E-state index in [4.69, 9.17) is 0 Å². The fourth-order valence-electron chi connectivity index (χ4n) is 4.60. The van der Waals surface area contributed by atoms with Crippen LogP contribution in [0.4, 0.5) is 5.82 Å². The summed E-state index contributed by atoms with van der Waals surface area (Å²) in [5, 5.41) is 3.32. The average molecular weight is 460 g/mol. The number of nitrogens with zero attached hydrogens (tertiary/aromatic N) is 2. The van der Waals surface area contributed by atoms with Gasteiger partial charge in [0.25, 0.3) is 0 Å². The van der Waals surface area contributed by atoms with E-state index in [0.717, 1.165) is 27.8 Å². The summed E-state index contributed by atoms with van der Waals surface area (Å²) < 4.78 is 25.1. The third-order valence-electron chi connectivity index (χ3n) is 6.30. The van der Waals surface area contributed by atoms with Crippen LogP contribution in [0.1, 0.15) is 35.1 Å². The molecule has 7 heteroatoms. The fourth-order valence-corrected chi connectivity index (χ4v) is 5.52. The van der Waals surface area contributed by atoms with Crippen LogP contribution in [-0.4, -0.2) is 36.0 Å². The number of amides is 1. The topological polar surface area (TPSA) is 79.4 Å². The predicted molar refractivity (Wildman–Crippen MR) is 128 cm³/mol. The van der Waals surface area contributed by atoms with Crippen LogP contribution in [0.15, 0.2) is 78.0 Å². The van der Waals surface area contributed by atoms with Gasteiger partial charge >= 0.3 is 0 Å². The van der Waals surface area contributed by atoms with Gasteiger partial charge in [0.2, 0.25) is 5.91 Å². The fraction of sp³-hybridized carbons (Fsp3) is 0.231. The molecule has 2 aromatic carbocycles. The molecule has 6 nitrogen and oxygen atoms in total. The second-order valence-corrected chi connectivity index (χ2v) is 10.8. The van der Waals surface area contributed by atoms with Crippen molar-refractivity contribution in [1.82, 2.24) is 9.88 Å². The van der Waals surface area contributed by atoms with E-state index in [1.165, 1.54) is 0 Å². The van der Waals surface area contributed by atoms with Gasteiger partial charge in [-0.2, -0.15) is 0 Å². The summed E-state index contributed by atoms with van der Waals surface area (Å²) in [6.45, 7) is 4.05. The van der Waals surface area contributed by atoms with Gasteiger partial charge in [-0.05, 0) is 41.3 Å². The zero-order chi connectivity index (χ0) is 23.2. The van der Waals surface area contributed by atoms with E-state index in [0.29, 0.717) is 17.3 Å². The van der Waals surface area contributed by atoms with E-state index in [9.17, 15) is 13.2 Å². The number of fused-ring (bicyclic) bond motifs is 3. The molecule has 2 atom stereocenters. The number of sulfone groups is 1. The summed E-state index contributed by atoms with van der Waals surface area (Å²) in [4.78, 5) is 20.0. The van der Waals surface area contributed by atoms with E-state index in [2.05, 4.69) is 16.4 Å². The van der Waals surface area contributed by atoms with Crippen LogP contribution in [0.25, 0.3) is 5.57 Å². The lowest BCUT2D eigenvalue weighted by atomic mass is 9.81. The summed E-state index contributed by atoms with van der Waals surface area (Å²) in [7, 11) is -3.36. The molecule has 1 amide bonds. The van der Waals surface area contributed by atoms with Crippen molar-refractivity contribution in [3.63, 3.8) is 0 Å². The molecule has 0 spiro atoms. The smallest absolute Gasteiger partial charge is 0.250 e. The lowest BCUT2D eigenvalue weighted by Crippen LogP contribution is -2.44. The van der Waals surface area contributed by atoms with Gasteiger partial charge in [0.1, 0.15) is 11.9 Å². The third kappa shape index (κ3) is 3.82. The SMILES string of the molecule is CCS(=O)(=O)c1cccc(C2=CN(Cc3ccccc3)C(=O)C3Nc4ncc(C)cc4C23)c1. The summed E-state index contributed by atoms with van der Waals surface area (Å²) >= 11 is 0. The second-order valence-electron chi connectivity index (χ2n) is 8.52. The number of nitrogens with one attached hydrogen (secondary N) is 1. The van der Waals surface area contributed by atoms with Crippen LogP contribution in [-0.2, 0) is 21.2 Å². The molecule has 0 fully saturated rings. The lowest BCUT2D eigenvalue weighted by molar-refractivity contribution is -0.130. The number of rotatable bonds is 5. The number of anilines is 1. The standard InChI is InChI=1S/C26H25N3O3S/c1-3-33(31,32)20-11-7-10-19(13-20)22-16-29(15-18-8-5-4-6-9-18)26(30)24-23(22)21-12-17(2)14-27-25(21)28-24/h4-14,16,23-24H,3,15H2,1-2H3,(H,27,28). The first-order valence-corrected chi connectivity index (χ1v) is 12.6. The molecule has 0 aliphatic carbocycles. The van der Waals surface area contributed by atoms with Crippen molar-refractivity contribution >= 4 is 27.1 Å². The minimum Gasteiger partial charge on any atom is -0.357 e. The van der Waals surface area contributed by atoms with Crippen molar-refractivity contribution in [2.45, 2.75) is 37.2 Å². The van der Waals surface area contributed by atoms with Crippen LogP contribution in [0.3, 0.4) is 0 Å². The maximum atomic E-state index is 13.5. The Kier molecular flexibility index (Phi) is 5.29. The Morgan fingerprint density at radius 1 is 1.06 bits per heavy atom. The number of benzene rings is 2. The molecule has 168 valence electrons. The Hall–Kier alpha value is -3.45. The van der Waals surface area contributed by atoms with E-state index >= 15 is 0 Å². The van der Waals surface area contributed by atoms with Crippen LogP contribution in [0.5, 0.6) is 0 Å². The van der Waals surface area contributed by atoms with Crippen molar-refractivity contribution < 1.29 is 13.2 Å². The Morgan fingerprint density at radius 3 is 2.61 bits per heavy atom. The molecule has 1 aromatic heterocycles. The largest absolute Gasteiger partial charge is 0.357 e. The Morgan fingerprint density at radius 2 is 1.85 bits per heavy atom. The first-order valence-electron chi connectivity index (χ1n) is 11.0. The van der Waals surface area contributed by atoms with Gasteiger partial charge in [0.15, 0.2) is 9.84 Å². The first kappa shape index (κ1) is 21.4. The lowest BCUT2D eigenvalue weighted by Gasteiger charge is -2.34. The van der Waals surface area contributed by atoms with Gasteiger partial charge in [-0.1, -0.05) is 55.5 Å². The summed E-state index contributed by atoms with van der Waals surface area (Å²) in [5.74, 6) is 0.467. The molecule has 0 saturated heterocycles. The quantitative estimate of drug-likeness (QED) is 0.620. The highest BCUT2D eigenvalue weighted by molar-refractivity contribution is 7.91. The predicted octanol–water partition coefficient (Wildman–Crippen LogP) is 4.14. The Bertz CT molecular complexity index is 1370. The molecular formula is C26H25N3O3S. The van der Waals surface area contributed by atoms with Gasteiger partial charge in [0.05, 0.1) is 17.2 Å². The second kappa shape index (κ2) is 8.15. The van der Waals surface area contributed by atoms with Gasteiger partial charge in [0, 0.05) is 23.9 Å². The number of carbonyl (C=O) groups excluding carboxylic acids is 1. The van der Waals surface area contributed by atoms with E-state index in [1.807, 2.05) is 49.5 Å². The van der Waals surface area contributed by atoms with Crippen LogP contribution in [0.2, 0.25) is 0 Å². The van der Waals surface area contributed by atoms with Crippen molar-refractivity contribution in [2.75, 3.05) is 11.1 Å². The molecule has 2 unspecified atom stereocenters.